The molecule has 5 aromatic rings. The van der Waals surface area contributed by atoms with Crippen molar-refractivity contribution < 1.29 is 22.0 Å². The van der Waals surface area contributed by atoms with Crippen molar-refractivity contribution in [2.75, 3.05) is 0 Å². The fraction of sp³-hybridized carbons (Fsp3) is 0.0952. The average molecular weight is 443 g/mol. The zero-order valence-corrected chi connectivity index (χ0v) is 16.6. The Morgan fingerprint density at radius 3 is 2.71 bits per heavy atom. The van der Waals surface area contributed by atoms with Gasteiger partial charge in [0.1, 0.15) is 21.8 Å². The number of hydrogen-bond acceptors (Lipinski definition) is 6. The summed E-state index contributed by atoms with van der Waals surface area (Å²) in [6.07, 6.45) is -1.40. The van der Waals surface area contributed by atoms with Crippen LogP contribution >= 0.6 is 11.3 Å². The van der Waals surface area contributed by atoms with Crippen LogP contribution < -0.4 is 10.1 Å². The average Bonchev–Trinajstić information content (AvgIpc) is 3.49. The lowest BCUT2D eigenvalue weighted by Crippen LogP contribution is -2.23. The fourth-order valence-corrected chi connectivity index (χ4v) is 4.02. The number of furan rings is 2. The number of fused-ring (bicyclic) bond motifs is 1. The van der Waals surface area contributed by atoms with E-state index in [2.05, 4.69) is 10.1 Å². The second-order valence-electron chi connectivity index (χ2n) is 6.72. The number of alkyl halides is 3. The van der Waals surface area contributed by atoms with E-state index >= 15 is 0 Å². The second-order valence-corrected chi connectivity index (χ2v) is 7.73. The summed E-state index contributed by atoms with van der Waals surface area (Å²) in [7, 11) is 0. The van der Waals surface area contributed by atoms with Gasteiger partial charge in [0.15, 0.2) is 5.82 Å². The maximum Gasteiger partial charge on any atom is 0.416 e. The third kappa shape index (κ3) is 3.44. The van der Waals surface area contributed by atoms with Crippen molar-refractivity contribution in [3.63, 3.8) is 0 Å². The van der Waals surface area contributed by atoms with Gasteiger partial charge in [-0.1, -0.05) is 23.5 Å². The zero-order chi connectivity index (χ0) is 21.8. The minimum absolute atomic E-state index is 0.266. The summed E-state index contributed by atoms with van der Waals surface area (Å²) in [6.45, 7) is 1.78. The van der Waals surface area contributed by atoms with Crippen LogP contribution in [-0.2, 0) is 6.18 Å². The van der Waals surface area contributed by atoms with E-state index in [1.807, 2.05) is 0 Å². The first-order valence-electron chi connectivity index (χ1n) is 9.03. The Morgan fingerprint density at radius 2 is 2.00 bits per heavy atom. The SMILES string of the molecule is Cc1occc1-c1nc2s/c(=C\c3ccc(-c4cccc(C(F)(F)F)c4)o3)c(=O)n2n1. The van der Waals surface area contributed by atoms with E-state index in [9.17, 15) is 18.0 Å². The van der Waals surface area contributed by atoms with Gasteiger partial charge >= 0.3 is 6.18 Å². The van der Waals surface area contributed by atoms with Gasteiger partial charge < -0.3 is 8.83 Å². The largest absolute Gasteiger partial charge is 0.469 e. The molecule has 0 radical (unpaired) electrons. The highest BCUT2D eigenvalue weighted by Crippen LogP contribution is 2.32. The normalized spacial score (nSPS) is 12.8. The highest BCUT2D eigenvalue weighted by Gasteiger charge is 2.30. The summed E-state index contributed by atoms with van der Waals surface area (Å²) in [4.78, 5) is 17.5. The quantitative estimate of drug-likeness (QED) is 0.409. The number of thiazole rings is 1. The molecule has 0 fully saturated rings. The standard InChI is InChI=1S/C21H12F3N3O3S/c1-11-15(7-8-29-11)18-25-20-27(26-18)19(28)17(31-20)10-14-5-6-16(30-14)12-3-2-4-13(9-12)21(22,23)24/h2-10H,1H3/b17-10-. The smallest absolute Gasteiger partial charge is 0.416 e. The van der Waals surface area contributed by atoms with E-state index in [1.165, 1.54) is 29.0 Å². The Bertz CT molecular complexity index is 1520. The molecule has 0 aliphatic rings. The number of rotatable bonds is 3. The van der Waals surface area contributed by atoms with E-state index in [4.69, 9.17) is 8.83 Å². The van der Waals surface area contributed by atoms with Gasteiger partial charge in [-0.15, -0.1) is 5.10 Å². The van der Waals surface area contributed by atoms with Crippen LogP contribution in [0.15, 0.2) is 62.4 Å². The Morgan fingerprint density at radius 1 is 1.16 bits per heavy atom. The van der Waals surface area contributed by atoms with Crippen LogP contribution in [0.25, 0.3) is 33.7 Å². The first-order valence-corrected chi connectivity index (χ1v) is 9.84. The lowest BCUT2D eigenvalue weighted by atomic mass is 10.1. The molecule has 0 aliphatic carbocycles. The first-order chi connectivity index (χ1) is 14.8. The molecule has 0 saturated heterocycles. The molecule has 156 valence electrons. The van der Waals surface area contributed by atoms with Crippen LogP contribution in [0, 0.1) is 6.92 Å². The highest BCUT2D eigenvalue weighted by molar-refractivity contribution is 7.15. The van der Waals surface area contributed by atoms with Crippen molar-refractivity contribution in [3.05, 3.63) is 80.7 Å². The van der Waals surface area contributed by atoms with Gasteiger partial charge in [-0.3, -0.25) is 4.79 Å². The van der Waals surface area contributed by atoms with Crippen molar-refractivity contribution >= 4 is 22.4 Å². The minimum atomic E-state index is -4.44. The van der Waals surface area contributed by atoms with E-state index in [-0.39, 0.29) is 11.3 Å². The van der Waals surface area contributed by atoms with E-state index in [0.29, 0.717) is 38.0 Å². The molecule has 0 atom stereocenters. The van der Waals surface area contributed by atoms with Crippen molar-refractivity contribution in [1.82, 2.24) is 14.6 Å². The number of hydrogen-bond donors (Lipinski definition) is 0. The van der Waals surface area contributed by atoms with Crippen LogP contribution in [0.2, 0.25) is 0 Å². The molecule has 31 heavy (non-hydrogen) atoms. The number of aryl methyl sites for hydroxylation is 1. The number of halogens is 3. The topological polar surface area (TPSA) is 73.5 Å². The monoisotopic (exact) mass is 443 g/mol. The van der Waals surface area contributed by atoms with Gasteiger partial charge in [0, 0.05) is 11.6 Å². The molecular weight excluding hydrogens is 431 g/mol. The molecule has 0 bridgehead atoms. The van der Waals surface area contributed by atoms with E-state index in [1.54, 1.807) is 25.1 Å². The van der Waals surface area contributed by atoms with Crippen LogP contribution in [0.5, 0.6) is 0 Å². The van der Waals surface area contributed by atoms with Gasteiger partial charge in [0.05, 0.1) is 17.4 Å². The molecule has 1 aromatic carbocycles. The predicted octanol–water partition coefficient (Wildman–Crippen LogP) is 4.55. The van der Waals surface area contributed by atoms with Gasteiger partial charge in [0.2, 0.25) is 4.96 Å². The van der Waals surface area contributed by atoms with Crippen molar-refractivity contribution in [3.8, 4) is 22.7 Å². The van der Waals surface area contributed by atoms with Gasteiger partial charge in [0.25, 0.3) is 5.56 Å². The molecule has 10 heteroatoms. The molecule has 0 spiro atoms. The summed E-state index contributed by atoms with van der Waals surface area (Å²) in [5.74, 6) is 1.64. The summed E-state index contributed by atoms with van der Waals surface area (Å²) < 4.78 is 51.3. The van der Waals surface area contributed by atoms with E-state index in [0.717, 1.165) is 23.5 Å². The molecule has 0 saturated carbocycles. The lowest BCUT2D eigenvalue weighted by molar-refractivity contribution is -0.137. The Hall–Kier alpha value is -3.66. The maximum absolute atomic E-state index is 12.9. The van der Waals surface area contributed by atoms with E-state index < -0.39 is 11.7 Å². The van der Waals surface area contributed by atoms with Crippen LogP contribution in [-0.4, -0.2) is 14.6 Å². The molecule has 6 nitrogen and oxygen atoms in total. The van der Waals surface area contributed by atoms with Gasteiger partial charge in [-0.05, 0) is 37.3 Å². The Kier molecular flexibility index (Phi) is 4.33. The van der Waals surface area contributed by atoms with Crippen molar-refractivity contribution in [2.24, 2.45) is 0 Å². The Balaban J connectivity index is 1.50. The summed E-state index contributed by atoms with van der Waals surface area (Å²) in [5, 5.41) is 4.25. The summed E-state index contributed by atoms with van der Waals surface area (Å²) in [5.41, 5.74) is -0.128. The van der Waals surface area contributed by atoms with Crippen molar-refractivity contribution in [2.45, 2.75) is 13.1 Å². The maximum atomic E-state index is 12.9. The third-order valence-electron chi connectivity index (χ3n) is 4.66. The van der Waals surface area contributed by atoms with Gasteiger partial charge in [-0.2, -0.15) is 22.7 Å². The molecule has 0 aliphatic heterocycles. The highest BCUT2D eigenvalue weighted by atomic mass is 32.1. The second kappa shape index (κ2) is 6.95. The summed E-state index contributed by atoms with van der Waals surface area (Å²) in [6, 6.07) is 9.73. The number of aromatic nitrogens is 3. The minimum Gasteiger partial charge on any atom is -0.469 e. The van der Waals surface area contributed by atoms with Crippen LogP contribution in [0.1, 0.15) is 17.1 Å². The van der Waals surface area contributed by atoms with Gasteiger partial charge in [-0.25, -0.2) is 0 Å². The molecular formula is C21H12F3N3O3S. The molecule has 5 rings (SSSR count). The Labute approximate surface area is 175 Å². The first kappa shape index (κ1) is 19.3. The molecule has 0 unspecified atom stereocenters. The molecule has 0 amide bonds. The molecule has 4 heterocycles. The predicted molar refractivity (Wildman–Crippen MR) is 108 cm³/mol. The molecule has 4 aromatic heterocycles. The molecule has 0 N–H and O–H groups in total. The number of benzene rings is 1. The third-order valence-corrected chi connectivity index (χ3v) is 5.62. The van der Waals surface area contributed by atoms with Crippen LogP contribution in [0.4, 0.5) is 13.2 Å². The zero-order valence-electron chi connectivity index (χ0n) is 15.8. The summed E-state index contributed by atoms with van der Waals surface area (Å²) >= 11 is 1.14. The lowest BCUT2D eigenvalue weighted by Gasteiger charge is -2.07. The fourth-order valence-electron chi connectivity index (χ4n) is 3.13. The van der Waals surface area contributed by atoms with Crippen molar-refractivity contribution in [1.29, 1.82) is 0 Å². The number of nitrogens with zero attached hydrogens (tertiary/aromatic N) is 3. The van der Waals surface area contributed by atoms with Crippen LogP contribution in [0.3, 0.4) is 0 Å².